The molecule has 0 bridgehead atoms. The number of aryl methyl sites for hydroxylation is 3. The summed E-state index contributed by atoms with van der Waals surface area (Å²) in [4.78, 5) is 21.4. The monoisotopic (exact) mass is 378 g/mol. The van der Waals surface area contributed by atoms with Crippen LogP contribution in [0.3, 0.4) is 0 Å². The molecule has 28 heavy (non-hydrogen) atoms. The van der Waals surface area contributed by atoms with Crippen molar-refractivity contribution in [3.8, 4) is 0 Å². The molecule has 3 rings (SSSR count). The summed E-state index contributed by atoms with van der Waals surface area (Å²) in [7, 11) is 0. The Bertz CT molecular complexity index is 966. The van der Waals surface area contributed by atoms with Crippen molar-refractivity contribution in [2.24, 2.45) is 0 Å². The van der Waals surface area contributed by atoms with Crippen LogP contribution in [0, 0.1) is 26.6 Å². The third-order valence-electron chi connectivity index (χ3n) is 4.42. The molecule has 0 aliphatic rings. The first kappa shape index (κ1) is 19.5. The van der Waals surface area contributed by atoms with Crippen molar-refractivity contribution in [3.05, 3.63) is 82.4 Å². The molecule has 1 aromatic heterocycles. The van der Waals surface area contributed by atoms with Crippen LogP contribution < -0.4 is 10.6 Å². The van der Waals surface area contributed by atoms with Crippen molar-refractivity contribution < 1.29 is 9.18 Å². The maximum atomic E-state index is 13.0. The van der Waals surface area contributed by atoms with E-state index in [4.69, 9.17) is 0 Å². The minimum absolute atomic E-state index is 0.252. The molecule has 0 radical (unpaired) electrons. The SMILES string of the molecule is Cc1cc(C(=O)Nc2c(C)cccc2C)nc(NCCc2ccc(F)cc2)n1. The van der Waals surface area contributed by atoms with Crippen LogP contribution >= 0.6 is 0 Å². The van der Waals surface area contributed by atoms with Gasteiger partial charge in [-0.3, -0.25) is 4.79 Å². The van der Waals surface area contributed by atoms with Gasteiger partial charge in [0, 0.05) is 17.9 Å². The fourth-order valence-corrected chi connectivity index (χ4v) is 2.92. The first-order valence-electron chi connectivity index (χ1n) is 9.14. The summed E-state index contributed by atoms with van der Waals surface area (Å²) in [5.41, 5.74) is 4.81. The second kappa shape index (κ2) is 8.61. The fourth-order valence-electron chi connectivity index (χ4n) is 2.92. The Labute approximate surface area is 164 Å². The van der Waals surface area contributed by atoms with Crippen LogP contribution in [0.4, 0.5) is 16.0 Å². The van der Waals surface area contributed by atoms with Crippen LogP contribution in [0.2, 0.25) is 0 Å². The maximum Gasteiger partial charge on any atom is 0.274 e. The molecule has 0 spiro atoms. The summed E-state index contributed by atoms with van der Waals surface area (Å²) in [5, 5.41) is 6.08. The molecule has 6 heteroatoms. The summed E-state index contributed by atoms with van der Waals surface area (Å²) in [6.45, 7) is 6.31. The predicted molar refractivity (Wildman–Crippen MR) is 109 cm³/mol. The Hall–Kier alpha value is -3.28. The van der Waals surface area contributed by atoms with E-state index in [0.29, 0.717) is 30.3 Å². The number of halogens is 1. The van der Waals surface area contributed by atoms with Gasteiger partial charge < -0.3 is 10.6 Å². The Morgan fingerprint density at radius 3 is 2.36 bits per heavy atom. The van der Waals surface area contributed by atoms with Crippen LogP contribution in [0.25, 0.3) is 0 Å². The lowest BCUT2D eigenvalue weighted by molar-refractivity contribution is 0.102. The van der Waals surface area contributed by atoms with E-state index in [1.54, 1.807) is 18.2 Å². The van der Waals surface area contributed by atoms with Gasteiger partial charge in [-0.05, 0) is 62.1 Å². The van der Waals surface area contributed by atoms with E-state index in [1.807, 2.05) is 39.0 Å². The second-order valence-electron chi connectivity index (χ2n) is 6.74. The largest absolute Gasteiger partial charge is 0.354 e. The van der Waals surface area contributed by atoms with Crippen molar-refractivity contribution in [1.82, 2.24) is 9.97 Å². The highest BCUT2D eigenvalue weighted by atomic mass is 19.1. The fraction of sp³-hybridized carbons (Fsp3) is 0.227. The number of anilines is 2. The van der Waals surface area contributed by atoms with Crippen LogP contribution in [-0.2, 0) is 6.42 Å². The van der Waals surface area contributed by atoms with Gasteiger partial charge in [0.15, 0.2) is 0 Å². The normalized spacial score (nSPS) is 10.6. The van der Waals surface area contributed by atoms with Gasteiger partial charge in [0.2, 0.25) is 5.95 Å². The number of carbonyl (C=O) groups excluding carboxylic acids is 1. The average Bonchev–Trinajstić information content (AvgIpc) is 2.66. The molecule has 0 unspecified atom stereocenters. The van der Waals surface area contributed by atoms with E-state index in [1.165, 1.54) is 12.1 Å². The minimum atomic E-state index is -0.274. The van der Waals surface area contributed by atoms with Crippen molar-refractivity contribution >= 4 is 17.5 Å². The van der Waals surface area contributed by atoms with E-state index in [9.17, 15) is 9.18 Å². The predicted octanol–water partition coefficient (Wildman–Crippen LogP) is 4.45. The molecule has 1 heterocycles. The third-order valence-corrected chi connectivity index (χ3v) is 4.42. The first-order valence-corrected chi connectivity index (χ1v) is 9.14. The summed E-state index contributed by atoms with van der Waals surface area (Å²) in [5.74, 6) is -0.128. The zero-order chi connectivity index (χ0) is 20.1. The zero-order valence-corrected chi connectivity index (χ0v) is 16.2. The Morgan fingerprint density at radius 1 is 1.00 bits per heavy atom. The number of hydrogen-bond donors (Lipinski definition) is 2. The summed E-state index contributed by atoms with van der Waals surface area (Å²) < 4.78 is 13.0. The van der Waals surface area contributed by atoms with Gasteiger partial charge >= 0.3 is 0 Å². The quantitative estimate of drug-likeness (QED) is 0.665. The van der Waals surface area contributed by atoms with E-state index in [0.717, 1.165) is 22.4 Å². The van der Waals surface area contributed by atoms with Gasteiger partial charge in [-0.25, -0.2) is 14.4 Å². The molecule has 3 aromatic rings. The Kier molecular flexibility index (Phi) is 5.99. The molecule has 144 valence electrons. The molecule has 0 aliphatic heterocycles. The van der Waals surface area contributed by atoms with E-state index < -0.39 is 0 Å². The number of para-hydroxylation sites is 1. The number of aromatic nitrogens is 2. The number of amides is 1. The highest BCUT2D eigenvalue weighted by molar-refractivity contribution is 6.03. The summed E-state index contributed by atoms with van der Waals surface area (Å²) in [6, 6.07) is 13.9. The number of nitrogens with zero attached hydrogens (tertiary/aromatic N) is 2. The summed E-state index contributed by atoms with van der Waals surface area (Å²) in [6.07, 6.45) is 0.696. The number of rotatable bonds is 6. The van der Waals surface area contributed by atoms with Crippen LogP contribution in [0.1, 0.15) is 32.9 Å². The van der Waals surface area contributed by atoms with Crippen molar-refractivity contribution in [2.45, 2.75) is 27.2 Å². The molecule has 5 nitrogen and oxygen atoms in total. The standard InChI is InChI=1S/C22H23FN4O/c1-14-5-4-6-15(2)20(14)27-21(28)19-13-16(3)25-22(26-19)24-12-11-17-7-9-18(23)10-8-17/h4-10,13H,11-12H2,1-3H3,(H,27,28)(H,24,25,26). The molecule has 0 atom stereocenters. The van der Waals surface area contributed by atoms with Crippen molar-refractivity contribution in [3.63, 3.8) is 0 Å². The van der Waals surface area contributed by atoms with Gasteiger partial charge in [0.1, 0.15) is 11.5 Å². The average molecular weight is 378 g/mol. The molecular weight excluding hydrogens is 355 g/mol. The third kappa shape index (κ3) is 4.91. The lowest BCUT2D eigenvalue weighted by atomic mass is 10.1. The first-order chi connectivity index (χ1) is 13.4. The van der Waals surface area contributed by atoms with Crippen LogP contribution in [0.15, 0.2) is 48.5 Å². The van der Waals surface area contributed by atoms with Gasteiger partial charge in [0.25, 0.3) is 5.91 Å². The Morgan fingerprint density at radius 2 is 1.68 bits per heavy atom. The van der Waals surface area contributed by atoms with Gasteiger partial charge in [-0.2, -0.15) is 0 Å². The van der Waals surface area contributed by atoms with E-state index >= 15 is 0 Å². The van der Waals surface area contributed by atoms with Gasteiger partial charge in [-0.15, -0.1) is 0 Å². The number of carbonyl (C=O) groups is 1. The highest BCUT2D eigenvalue weighted by Gasteiger charge is 2.13. The van der Waals surface area contributed by atoms with Crippen molar-refractivity contribution in [1.29, 1.82) is 0 Å². The molecule has 2 aromatic carbocycles. The minimum Gasteiger partial charge on any atom is -0.354 e. The van der Waals surface area contributed by atoms with E-state index in [-0.39, 0.29) is 11.7 Å². The lowest BCUT2D eigenvalue weighted by Crippen LogP contribution is -2.18. The lowest BCUT2D eigenvalue weighted by Gasteiger charge is -2.12. The maximum absolute atomic E-state index is 13.0. The number of benzene rings is 2. The second-order valence-corrected chi connectivity index (χ2v) is 6.74. The number of nitrogens with one attached hydrogen (secondary N) is 2. The van der Waals surface area contributed by atoms with E-state index in [2.05, 4.69) is 20.6 Å². The smallest absolute Gasteiger partial charge is 0.274 e. The van der Waals surface area contributed by atoms with Crippen molar-refractivity contribution in [2.75, 3.05) is 17.2 Å². The molecule has 2 N–H and O–H groups in total. The topological polar surface area (TPSA) is 66.9 Å². The van der Waals surface area contributed by atoms with Crippen LogP contribution in [0.5, 0.6) is 0 Å². The molecule has 0 saturated carbocycles. The van der Waals surface area contributed by atoms with Gasteiger partial charge in [0.05, 0.1) is 0 Å². The Balaban J connectivity index is 1.68. The molecule has 1 amide bonds. The number of hydrogen-bond acceptors (Lipinski definition) is 4. The van der Waals surface area contributed by atoms with Gasteiger partial charge in [-0.1, -0.05) is 30.3 Å². The molecule has 0 saturated heterocycles. The summed E-state index contributed by atoms with van der Waals surface area (Å²) >= 11 is 0. The molecule has 0 fully saturated rings. The van der Waals surface area contributed by atoms with Crippen LogP contribution in [-0.4, -0.2) is 22.4 Å². The molecule has 0 aliphatic carbocycles. The molecular formula is C22H23FN4O. The highest BCUT2D eigenvalue weighted by Crippen LogP contribution is 2.20. The zero-order valence-electron chi connectivity index (χ0n) is 16.2.